The predicted molar refractivity (Wildman–Crippen MR) is 75.6 cm³/mol. The van der Waals surface area contributed by atoms with E-state index < -0.39 is 0 Å². The molecule has 1 rings (SSSR count). The van der Waals surface area contributed by atoms with Crippen molar-refractivity contribution in [2.24, 2.45) is 5.41 Å². The third-order valence-corrected chi connectivity index (χ3v) is 4.51. The average molecular weight is 255 g/mol. The maximum absolute atomic E-state index is 9.51. The van der Waals surface area contributed by atoms with Crippen molar-refractivity contribution in [3.05, 3.63) is 22.4 Å². The first-order valence-corrected chi connectivity index (χ1v) is 7.45. The Morgan fingerprint density at radius 1 is 1.41 bits per heavy atom. The molecule has 2 N–H and O–H groups in total. The van der Waals surface area contributed by atoms with Crippen molar-refractivity contribution in [1.82, 2.24) is 5.32 Å². The molecule has 0 aliphatic carbocycles. The lowest BCUT2D eigenvalue weighted by Gasteiger charge is -2.31. The summed E-state index contributed by atoms with van der Waals surface area (Å²) in [5, 5.41) is 17.4. The summed E-state index contributed by atoms with van der Waals surface area (Å²) < 4.78 is 0. The first kappa shape index (κ1) is 14.7. The molecule has 0 radical (unpaired) electrons. The zero-order valence-electron chi connectivity index (χ0n) is 11.2. The van der Waals surface area contributed by atoms with E-state index in [0.717, 1.165) is 25.8 Å². The lowest BCUT2D eigenvalue weighted by molar-refractivity contribution is 0.110. The van der Waals surface area contributed by atoms with Crippen molar-refractivity contribution in [3.63, 3.8) is 0 Å². The predicted octanol–water partition coefficient (Wildman–Crippen LogP) is 3.07. The summed E-state index contributed by atoms with van der Waals surface area (Å²) in [4.78, 5) is 0. The van der Waals surface area contributed by atoms with Crippen molar-refractivity contribution in [3.8, 4) is 0 Å². The van der Waals surface area contributed by atoms with Crippen molar-refractivity contribution in [1.29, 1.82) is 0 Å². The van der Waals surface area contributed by atoms with E-state index >= 15 is 0 Å². The van der Waals surface area contributed by atoms with Crippen molar-refractivity contribution >= 4 is 11.3 Å². The summed E-state index contributed by atoms with van der Waals surface area (Å²) >= 11 is 1.75. The van der Waals surface area contributed by atoms with Gasteiger partial charge in [-0.05, 0) is 48.6 Å². The Hall–Kier alpha value is -0.380. The molecule has 0 aromatic carbocycles. The highest BCUT2D eigenvalue weighted by Gasteiger charge is 2.25. The topological polar surface area (TPSA) is 32.3 Å². The van der Waals surface area contributed by atoms with Gasteiger partial charge in [0.25, 0.3) is 0 Å². The molecule has 3 heteroatoms. The molecule has 0 spiro atoms. The van der Waals surface area contributed by atoms with Crippen LogP contribution >= 0.6 is 11.3 Å². The van der Waals surface area contributed by atoms with Crippen LogP contribution in [-0.2, 0) is 6.42 Å². The van der Waals surface area contributed by atoms with Crippen LogP contribution in [0.15, 0.2) is 16.8 Å². The molecule has 0 saturated heterocycles. The minimum Gasteiger partial charge on any atom is -0.396 e. The Morgan fingerprint density at radius 2 is 2.12 bits per heavy atom. The Labute approximate surface area is 109 Å². The SMILES string of the molecule is CCC(CC)(CO)CNC(C)Cc1ccsc1. The van der Waals surface area contributed by atoms with E-state index in [4.69, 9.17) is 0 Å². The zero-order valence-corrected chi connectivity index (χ0v) is 12.0. The van der Waals surface area contributed by atoms with Crippen LogP contribution in [-0.4, -0.2) is 24.3 Å². The largest absolute Gasteiger partial charge is 0.396 e. The fourth-order valence-corrected chi connectivity index (χ4v) is 2.69. The number of aliphatic hydroxyl groups excluding tert-OH is 1. The van der Waals surface area contributed by atoms with Crippen molar-refractivity contribution in [2.75, 3.05) is 13.2 Å². The quantitative estimate of drug-likeness (QED) is 0.748. The minimum atomic E-state index is 0.0584. The third kappa shape index (κ3) is 4.41. The highest BCUT2D eigenvalue weighted by Crippen LogP contribution is 2.24. The molecular weight excluding hydrogens is 230 g/mol. The van der Waals surface area contributed by atoms with Gasteiger partial charge in [-0.2, -0.15) is 11.3 Å². The lowest BCUT2D eigenvalue weighted by Crippen LogP contribution is -2.41. The molecule has 0 fully saturated rings. The van der Waals surface area contributed by atoms with Crippen LogP contribution in [0.25, 0.3) is 0 Å². The molecule has 1 atom stereocenters. The van der Waals surface area contributed by atoms with Gasteiger partial charge in [-0.3, -0.25) is 0 Å². The molecule has 1 unspecified atom stereocenters. The van der Waals surface area contributed by atoms with Gasteiger partial charge >= 0.3 is 0 Å². The summed E-state index contributed by atoms with van der Waals surface area (Å²) in [5.41, 5.74) is 1.46. The second kappa shape index (κ2) is 7.14. The summed E-state index contributed by atoms with van der Waals surface area (Å²) in [7, 11) is 0. The van der Waals surface area contributed by atoms with Crippen LogP contribution in [0.4, 0.5) is 0 Å². The Balaban J connectivity index is 2.38. The molecule has 1 aromatic rings. The smallest absolute Gasteiger partial charge is 0.0499 e. The van der Waals surface area contributed by atoms with Gasteiger partial charge in [-0.15, -0.1) is 0 Å². The van der Waals surface area contributed by atoms with Gasteiger partial charge in [-0.25, -0.2) is 0 Å². The standard InChI is InChI=1S/C14H25NOS/c1-4-14(5-2,11-16)10-15-12(3)8-13-6-7-17-9-13/h6-7,9,12,15-16H,4-5,8,10-11H2,1-3H3. The van der Waals surface area contributed by atoms with Gasteiger partial charge in [-0.1, -0.05) is 13.8 Å². The van der Waals surface area contributed by atoms with Crippen LogP contribution in [0.5, 0.6) is 0 Å². The molecule has 1 heterocycles. The van der Waals surface area contributed by atoms with Gasteiger partial charge in [0.15, 0.2) is 0 Å². The Morgan fingerprint density at radius 3 is 2.59 bits per heavy atom. The maximum atomic E-state index is 9.51. The summed E-state index contributed by atoms with van der Waals surface area (Å²) in [6, 6.07) is 2.65. The summed E-state index contributed by atoms with van der Waals surface area (Å²) in [6.07, 6.45) is 3.12. The van der Waals surface area contributed by atoms with Gasteiger partial charge < -0.3 is 10.4 Å². The maximum Gasteiger partial charge on any atom is 0.0499 e. The number of rotatable bonds is 8. The van der Waals surface area contributed by atoms with Gasteiger partial charge in [0, 0.05) is 24.6 Å². The normalized spacial score (nSPS) is 13.9. The van der Waals surface area contributed by atoms with E-state index in [2.05, 4.69) is 42.9 Å². The molecule has 0 amide bonds. The van der Waals surface area contributed by atoms with Crippen molar-refractivity contribution in [2.45, 2.75) is 46.1 Å². The van der Waals surface area contributed by atoms with Crippen LogP contribution in [0.3, 0.4) is 0 Å². The van der Waals surface area contributed by atoms with Crippen LogP contribution in [0.1, 0.15) is 39.2 Å². The number of nitrogens with one attached hydrogen (secondary N) is 1. The second-order valence-corrected chi connectivity index (χ2v) is 5.76. The first-order valence-electron chi connectivity index (χ1n) is 6.51. The van der Waals surface area contributed by atoms with E-state index in [1.54, 1.807) is 11.3 Å². The number of hydrogen-bond acceptors (Lipinski definition) is 3. The van der Waals surface area contributed by atoms with E-state index in [-0.39, 0.29) is 12.0 Å². The zero-order chi connectivity index (χ0) is 12.7. The molecular formula is C14H25NOS. The lowest BCUT2D eigenvalue weighted by atomic mass is 9.83. The summed E-state index contributed by atoms with van der Waals surface area (Å²) in [6.45, 7) is 7.71. The van der Waals surface area contributed by atoms with Crippen LogP contribution in [0, 0.1) is 5.41 Å². The fraction of sp³-hybridized carbons (Fsp3) is 0.714. The Kier molecular flexibility index (Phi) is 6.17. The number of thiophene rings is 1. The minimum absolute atomic E-state index is 0.0584. The molecule has 0 aliphatic heterocycles. The number of hydrogen-bond donors (Lipinski definition) is 2. The molecule has 0 bridgehead atoms. The molecule has 2 nitrogen and oxygen atoms in total. The highest BCUT2D eigenvalue weighted by molar-refractivity contribution is 7.07. The van der Waals surface area contributed by atoms with Gasteiger partial charge in [0.2, 0.25) is 0 Å². The molecule has 0 aliphatic rings. The van der Waals surface area contributed by atoms with Crippen LogP contribution in [0.2, 0.25) is 0 Å². The summed E-state index contributed by atoms with van der Waals surface area (Å²) in [5.74, 6) is 0. The Bertz CT molecular complexity index is 285. The first-order chi connectivity index (χ1) is 8.15. The monoisotopic (exact) mass is 255 g/mol. The van der Waals surface area contributed by atoms with Gasteiger partial charge in [0.1, 0.15) is 0 Å². The van der Waals surface area contributed by atoms with E-state index in [1.165, 1.54) is 5.56 Å². The third-order valence-electron chi connectivity index (χ3n) is 3.78. The van der Waals surface area contributed by atoms with Crippen LogP contribution < -0.4 is 5.32 Å². The molecule has 1 aromatic heterocycles. The highest BCUT2D eigenvalue weighted by atomic mass is 32.1. The number of aliphatic hydroxyl groups is 1. The van der Waals surface area contributed by atoms with Crippen molar-refractivity contribution < 1.29 is 5.11 Å². The van der Waals surface area contributed by atoms with E-state index in [1.807, 2.05) is 0 Å². The molecule has 17 heavy (non-hydrogen) atoms. The molecule has 0 saturated carbocycles. The second-order valence-electron chi connectivity index (χ2n) is 4.98. The molecule has 98 valence electrons. The van der Waals surface area contributed by atoms with E-state index in [9.17, 15) is 5.11 Å². The van der Waals surface area contributed by atoms with E-state index in [0.29, 0.717) is 6.04 Å². The average Bonchev–Trinajstić information content (AvgIpc) is 2.84. The van der Waals surface area contributed by atoms with Gasteiger partial charge in [0.05, 0.1) is 0 Å². The fourth-order valence-electron chi connectivity index (χ4n) is 2.00.